The first-order valence-electron chi connectivity index (χ1n) is 7.62. The summed E-state index contributed by atoms with van der Waals surface area (Å²) >= 11 is 0. The number of nitrogens with zero attached hydrogens (tertiary/aromatic N) is 3. The van der Waals surface area contributed by atoms with Gasteiger partial charge in [-0.15, -0.1) is 0 Å². The summed E-state index contributed by atoms with van der Waals surface area (Å²) in [4.78, 5) is 29.6. The van der Waals surface area contributed by atoms with Crippen LogP contribution in [-0.4, -0.2) is 28.1 Å². The second-order valence-corrected chi connectivity index (χ2v) is 5.49. The Morgan fingerprint density at radius 2 is 1.84 bits per heavy atom. The van der Waals surface area contributed by atoms with E-state index in [1.165, 1.54) is 7.11 Å². The lowest BCUT2D eigenvalue weighted by atomic mass is 10.1. The van der Waals surface area contributed by atoms with Crippen molar-refractivity contribution in [2.24, 2.45) is 0 Å². The highest BCUT2D eigenvalue weighted by atomic mass is 16.6. The number of carbonyl (C=O) groups excluding carboxylic acids is 1. The summed E-state index contributed by atoms with van der Waals surface area (Å²) in [5, 5.41) is 7.39. The Bertz CT molecular complexity index is 928. The third kappa shape index (κ3) is 4.18. The molecule has 128 valence electrons. The van der Waals surface area contributed by atoms with Crippen LogP contribution in [0.3, 0.4) is 0 Å². The highest BCUT2D eigenvalue weighted by molar-refractivity contribution is 6.00. The van der Waals surface area contributed by atoms with Crippen LogP contribution < -0.4 is 16.1 Å². The zero-order valence-electron chi connectivity index (χ0n) is 14.1. The number of fused-ring (bicyclic) bond motifs is 1. The number of amides is 2. The van der Waals surface area contributed by atoms with Crippen LogP contribution >= 0.6 is 0 Å². The molecule has 0 atom stereocenters. The molecule has 3 aromatic rings. The minimum absolute atomic E-state index is 0.179. The minimum Gasteiger partial charge on any atom is -0.308 e. The van der Waals surface area contributed by atoms with Gasteiger partial charge in [0.05, 0.1) is 7.11 Å². The maximum absolute atomic E-state index is 12.2. The molecule has 0 unspecified atom stereocenters. The second-order valence-electron chi connectivity index (χ2n) is 5.49. The van der Waals surface area contributed by atoms with Crippen molar-refractivity contribution in [3.8, 4) is 0 Å². The first kappa shape index (κ1) is 16.6. The smallest absolute Gasteiger partial charge is 0.308 e. The topological polar surface area (TPSA) is 101 Å². The molecule has 3 N–H and O–H groups in total. The molecule has 0 aliphatic rings. The van der Waals surface area contributed by atoms with Crippen molar-refractivity contribution in [3.63, 3.8) is 0 Å². The van der Waals surface area contributed by atoms with Crippen LogP contribution in [-0.2, 0) is 4.84 Å². The van der Waals surface area contributed by atoms with E-state index >= 15 is 0 Å². The molecule has 8 nitrogen and oxygen atoms in total. The van der Waals surface area contributed by atoms with Crippen molar-refractivity contribution in [1.29, 1.82) is 0 Å². The van der Waals surface area contributed by atoms with Gasteiger partial charge in [-0.25, -0.2) is 15.3 Å². The zero-order chi connectivity index (χ0) is 17.8. The lowest BCUT2D eigenvalue weighted by molar-refractivity contribution is 0.262. The van der Waals surface area contributed by atoms with E-state index in [0.717, 1.165) is 16.5 Å². The first-order chi connectivity index (χ1) is 12.0. The Hall–Kier alpha value is -3.26. The average Bonchev–Trinajstić information content (AvgIpc) is 2.54. The molecule has 0 aliphatic heterocycles. The molecule has 0 spiro atoms. The van der Waals surface area contributed by atoms with Crippen LogP contribution in [0.15, 0.2) is 36.5 Å². The fourth-order valence-electron chi connectivity index (χ4n) is 2.37. The Balaban J connectivity index is 1.74. The molecule has 0 fully saturated rings. The maximum atomic E-state index is 12.2. The number of benzene rings is 1. The van der Waals surface area contributed by atoms with Crippen molar-refractivity contribution in [1.82, 2.24) is 15.0 Å². The number of carbonyl (C=O) groups is 1. The molecule has 0 bridgehead atoms. The number of aromatic nitrogens is 3. The van der Waals surface area contributed by atoms with Crippen LogP contribution in [0.25, 0.3) is 10.8 Å². The summed E-state index contributed by atoms with van der Waals surface area (Å²) in [6, 6.07) is 8.84. The molecule has 25 heavy (non-hydrogen) atoms. The van der Waals surface area contributed by atoms with Crippen LogP contribution in [0.1, 0.15) is 11.4 Å². The Kier molecular flexibility index (Phi) is 4.71. The zero-order valence-corrected chi connectivity index (χ0v) is 14.1. The van der Waals surface area contributed by atoms with Crippen LogP contribution in [0.5, 0.6) is 0 Å². The summed E-state index contributed by atoms with van der Waals surface area (Å²) < 4.78 is 0. The Morgan fingerprint density at radius 1 is 1.00 bits per heavy atom. The van der Waals surface area contributed by atoms with Gasteiger partial charge in [-0.05, 0) is 37.4 Å². The van der Waals surface area contributed by atoms with Gasteiger partial charge in [0.2, 0.25) is 5.95 Å². The van der Waals surface area contributed by atoms with E-state index in [-0.39, 0.29) is 5.95 Å². The third-order valence-corrected chi connectivity index (χ3v) is 3.40. The molecular weight excluding hydrogens is 320 g/mol. The number of hydrogen-bond acceptors (Lipinski definition) is 6. The van der Waals surface area contributed by atoms with Crippen molar-refractivity contribution < 1.29 is 9.63 Å². The average molecular weight is 338 g/mol. The van der Waals surface area contributed by atoms with E-state index in [2.05, 4.69) is 31.1 Å². The van der Waals surface area contributed by atoms with Gasteiger partial charge in [0.25, 0.3) is 0 Å². The van der Waals surface area contributed by atoms with Crippen molar-refractivity contribution >= 4 is 34.3 Å². The molecule has 8 heteroatoms. The van der Waals surface area contributed by atoms with Crippen LogP contribution in [0.4, 0.5) is 22.2 Å². The van der Waals surface area contributed by atoms with Gasteiger partial charge in [-0.1, -0.05) is 6.07 Å². The number of pyridine rings is 1. The molecule has 2 amide bonds. The fourth-order valence-corrected chi connectivity index (χ4v) is 2.37. The van der Waals surface area contributed by atoms with Crippen molar-refractivity contribution in [2.75, 3.05) is 23.2 Å². The van der Waals surface area contributed by atoms with Gasteiger partial charge >= 0.3 is 6.03 Å². The summed E-state index contributed by atoms with van der Waals surface area (Å²) in [5.41, 5.74) is 4.88. The van der Waals surface area contributed by atoms with E-state index in [0.29, 0.717) is 17.2 Å². The molecule has 0 saturated carbocycles. The largest absolute Gasteiger partial charge is 0.326 e. The van der Waals surface area contributed by atoms with Gasteiger partial charge in [0.15, 0.2) is 5.82 Å². The normalized spacial score (nSPS) is 10.5. The Labute approximate surface area is 144 Å². The van der Waals surface area contributed by atoms with Gasteiger partial charge < -0.3 is 5.32 Å². The van der Waals surface area contributed by atoms with Gasteiger partial charge in [-0.3, -0.25) is 15.1 Å². The van der Waals surface area contributed by atoms with Gasteiger partial charge in [-0.2, -0.15) is 4.98 Å². The molecule has 0 radical (unpaired) electrons. The van der Waals surface area contributed by atoms with E-state index in [1.54, 1.807) is 19.2 Å². The predicted molar refractivity (Wildman–Crippen MR) is 96.5 cm³/mol. The standard InChI is InChI=1S/C17H18N6O2/c1-10-6-13-8-14(5-4-12(13)9-18-10)20-17(24)22-16-19-11(2)7-15(21-16)23-25-3/h4-9H,1-3H3,(H3,19,20,21,22,23,24). The summed E-state index contributed by atoms with van der Waals surface area (Å²) in [5.74, 6) is 0.636. The number of urea groups is 1. The fraction of sp³-hybridized carbons (Fsp3) is 0.176. The molecule has 2 heterocycles. The lowest BCUT2D eigenvalue weighted by Crippen LogP contribution is -2.21. The third-order valence-electron chi connectivity index (χ3n) is 3.40. The van der Waals surface area contributed by atoms with E-state index in [1.807, 2.05) is 31.2 Å². The minimum atomic E-state index is -0.431. The second kappa shape index (κ2) is 7.10. The van der Waals surface area contributed by atoms with E-state index < -0.39 is 6.03 Å². The number of hydrogen-bond donors (Lipinski definition) is 3. The highest BCUT2D eigenvalue weighted by Gasteiger charge is 2.08. The number of anilines is 3. The number of rotatable bonds is 4. The molecule has 3 rings (SSSR count). The van der Waals surface area contributed by atoms with Gasteiger partial charge in [0, 0.05) is 34.7 Å². The predicted octanol–water partition coefficient (Wildman–Crippen LogP) is 3.26. The van der Waals surface area contributed by atoms with Crippen LogP contribution in [0.2, 0.25) is 0 Å². The molecular formula is C17H18N6O2. The first-order valence-corrected chi connectivity index (χ1v) is 7.62. The molecule has 0 aliphatic carbocycles. The number of nitrogens with one attached hydrogen (secondary N) is 3. The quantitative estimate of drug-likeness (QED) is 0.631. The summed E-state index contributed by atoms with van der Waals surface area (Å²) in [7, 11) is 1.48. The van der Waals surface area contributed by atoms with Crippen LogP contribution in [0, 0.1) is 13.8 Å². The molecule has 1 aromatic carbocycles. The number of aryl methyl sites for hydroxylation is 2. The van der Waals surface area contributed by atoms with E-state index in [4.69, 9.17) is 4.84 Å². The summed E-state index contributed by atoms with van der Waals surface area (Å²) in [6.07, 6.45) is 1.80. The lowest BCUT2D eigenvalue weighted by Gasteiger charge is -2.09. The Morgan fingerprint density at radius 3 is 2.64 bits per heavy atom. The molecule has 0 saturated heterocycles. The van der Waals surface area contributed by atoms with Gasteiger partial charge in [0.1, 0.15) is 0 Å². The molecule has 2 aromatic heterocycles. The van der Waals surface area contributed by atoms with Crippen molar-refractivity contribution in [2.45, 2.75) is 13.8 Å². The highest BCUT2D eigenvalue weighted by Crippen LogP contribution is 2.19. The van der Waals surface area contributed by atoms with Crippen molar-refractivity contribution in [3.05, 3.63) is 47.9 Å². The summed E-state index contributed by atoms with van der Waals surface area (Å²) in [6.45, 7) is 3.72. The monoisotopic (exact) mass is 338 g/mol. The SMILES string of the molecule is CONc1cc(C)nc(NC(=O)Nc2ccc3cnc(C)cc3c2)n1. The maximum Gasteiger partial charge on any atom is 0.326 e. The van der Waals surface area contributed by atoms with E-state index in [9.17, 15) is 4.79 Å².